The van der Waals surface area contributed by atoms with Gasteiger partial charge >= 0.3 is 0 Å². The van der Waals surface area contributed by atoms with Crippen molar-refractivity contribution in [2.45, 2.75) is 20.8 Å². The lowest BCUT2D eigenvalue weighted by atomic mass is 10.1. The zero-order chi connectivity index (χ0) is 13.4. The van der Waals surface area contributed by atoms with Crippen LogP contribution in [0.1, 0.15) is 17.1 Å². The molecule has 0 aliphatic heterocycles. The van der Waals surface area contributed by atoms with Crippen LogP contribution in [0, 0.1) is 20.8 Å². The van der Waals surface area contributed by atoms with Gasteiger partial charge in [-0.15, -0.1) is 0 Å². The molecule has 3 aromatic rings. The minimum absolute atomic E-state index is 0.766. The highest BCUT2D eigenvalue weighted by atomic mass is 14.9. The molecule has 0 radical (unpaired) electrons. The minimum atomic E-state index is 0.766. The van der Waals surface area contributed by atoms with Crippen molar-refractivity contribution in [2.24, 2.45) is 0 Å². The summed E-state index contributed by atoms with van der Waals surface area (Å²) in [4.78, 5) is 13.5. The molecular weight excluding hydrogens is 234 g/mol. The fourth-order valence-electron chi connectivity index (χ4n) is 2.21. The van der Waals surface area contributed by atoms with Crippen molar-refractivity contribution in [3.8, 4) is 11.4 Å². The molecule has 0 bridgehead atoms. The summed E-state index contributed by atoms with van der Waals surface area (Å²) in [7, 11) is 0. The zero-order valence-electron chi connectivity index (χ0n) is 11.3. The Kier molecular flexibility index (Phi) is 2.75. The number of aryl methyl sites for hydroxylation is 3. The van der Waals surface area contributed by atoms with E-state index in [0.29, 0.717) is 0 Å². The van der Waals surface area contributed by atoms with Crippen molar-refractivity contribution in [2.75, 3.05) is 0 Å². The third kappa shape index (κ3) is 2.32. The van der Waals surface area contributed by atoms with Crippen molar-refractivity contribution >= 4 is 10.9 Å². The first-order valence-corrected chi connectivity index (χ1v) is 6.32. The molecule has 0 aliphatic carbocycles. The number of hydrogen-bond donors (Lipinski definition) is 0. The first-order valence-electron chi connectivity index (χ1n) is 6.32. The van der Waals surface area contributed by atoms with Crippen molar-refractivity contribution in [1.29, 1.82) is 0 Å². The lowest BCUT2D eigenvalue weighted by Crippen LogP contribution is -1.94. The van der Waals surface area contributed by atoms with Crippen LogP contribution in [-0.4, -0.2) is 15.0 Å². The van der Waals surface area contributed by atoms with Gasteiger partial charge in [-0.25, -0.2) is 9.97 Å². The van der Waals surface area contributed by atoms with E-state index in [2.05, 4.69) is 33.2 Å². The monoisotopic (exact) mass is 249 g/mol. The zero-order valence-corrected chi connectivity index (χ0v) is 11.3. The maximum absolute atomic E-state index is 4.55. The number of hydrogen-bond acceptors (Lipinski definition) is 3. The maximum atomic E-state index is 4.55. The van der Waals surface area contributed by atoms with Crippen LogP contribution < -0.4 is 0 Å². The molecule has 0 N–H and O–H groups in total. The molecule has 3 rings (SSSR count). The summed E-state index contributed by atoms with van der Waals surface area (Å²) < 4.78 is 0. The van der Waals surface area contributed by atoms with Gasteiger partial charge in [0.25, 0.3) is 0 Å². The van der Waals surface area contributed by atoms with E-state index in [1.54, 1.807) is 0 Å². The average Bonchev–Trinajstić information content (AvgIpc) is 2.36. The summed E-state index contributed by atoms with van der Waals surface area (Å²) in [5.74, 6) is 0.766. The van der Waals surface area contributed by atoms with Gasteiger partial charge in [0.05, 0.1) is 5.52 Å². The molecule has 3 nitrogen and oxygen atoms in total. The highest BCUT2D eigenvalue weighted by molar-refractivity contribution is 5.83. The predicted molar refractivity (Wildman–Crippen MR) is 77.0 cm³/mol. The maximum Gasteiger partial charge on any atom is 0.159 e. The average molecular weight is 249 g/mol. The van der Waals surface area contributed by atoms with Gasteiger partial charge in [0.2, 0.25) is 0 Å². The van der Waals surface area contributed by atoms with Gasteiger partial charge in [0.1, 0.15) is 0 Å². The smallest absolute Gasteiger partial charge is 0.159 e. The van der Waals surface area contributed by atoms with Crippen LogP contribution in [0.2, 0.25) is 0 Å². The summed E-state index contributed by atoms with van der Waals surface area (Å²) in [5, 5.41) is 1.14. The number of pyridine rings is 1. The van der Waals surface area contributed by atoms with Crippen LogP contribution >= 0.6 is 0 Å². The summed E-state index contributed by atoms with van der Waals surface area (Å²) in [6.45, 7) is 5.97. The highest BCUT2D eigenvalue weighted by Gasteiger charge is 2.05. The molecule has 0 saturated carbocycles. The Hall–Kier alpha value is -2.29. The molecule has 0 spiro atoms. The summed E-state index contributed by atoms with van der Waals surface area (Å²) in [6.07, 6.45) is 0. The predicted octanol–water partition coefficient (Wildman–Crippen LogP) is 3.62. The molecule has 94 valence electrons. The molecule has 19 heavy (non-hydrogen) atoms. The van der Waals surface area contributed by atoms with Crippen LogP contribution in [-0.2, 0) is 0 Å². The quantitative estimate of drug-likeness (QED) is 0.661. The molecule has 0 aliphatic rings. The van der Waals surface area contributed by atoms with Crippen LogP contribution in [0.5, 0.6) is 0 Å². The van der Waals surface area contributed by atoms with E-state index in [1.807, 2.05) is 39.0 Å². The first-order chi connectivity index (χ1) is 9.11. The van der Waals surface area contributed by atoms with Crippen LogP contribution in [0.15, 0.2) is 36.4 Å². The molecule has 0 fully saturated rings. The Morgan fingerprint density at radius 3 is 2.11 bits per heavy atom. The number of fused-ring (bicyclic) bond motifs is 1. The Balaban J connectivity index is 2.19. The van der Waals surface area contributed by atoms with Crippen molar-refractivity contribution in [1.82, 2.24) is 15.0 Å². The van der Waals surface area contributed by atoms with Gasteiger partial charge in [0.15, 0.2) is 5.82 Å². The van der Waals surface area contributed by atoms with E-state index in [9.17, 15) is 0 Å². The number of benzene rings is 1. The second-order valence-corrected chi connectivity index (χ2v) is 4.83. The standard InChI is InChI=1S/C16H15N3/c1-10-4-5-13-6-7-14(9-15(13)17-10)16-18-11(2)8-12(3)19-16/h4-9H,1-3H3. The Bertz CT molecular complexity index is 743. The van der Waals surface area contributed by atoms with Gasteiger partial charge in [-0.2, -0.15) is 0 Å². The second-order valence-electron chi connectivity index (χ2n) is 4.83. The number of aromatic nitrogens is 3. The fraction of sp³-hybridized carbons (Fsp3) is 0.188. The first kappa shape index (κ1) is 11.8. The van der Waals surface area contributed by atoms with Gasteiger partial charge in [-0.1, -0.05) is 18.2 Å². The largest absolute Gasteiger partial charge is 0.253 e. The summed E-state index contributed by atoms with van der Waals surface area (Å²) in [6, 6.07) is 12.3. The normalized spacial score (nSPS) is 10.9. The SMILES string of the molecule is Cc1cc(C)nc(-c2ccc3ccc(C)nc3c2)n1. The molecule has 0 saturated heterocycles. The lowest BCUT2D eigenvalue weighted by Gasteiger charge is -2.05. The Labute approximate surface area is 112 Å². The third-order valence-electron chi connectivity index (χ3n) is 3.07. The molecular formula is C16H15N3. The third-order valence-corrected chi connectivity index (χ3v) is 3.07. The Morgan fingerprint density at radius 1 is 0.684 bits per heavy atom. The fourth-order valence-corrected chi connectivity index (χ4v) is 2.21. The molecule has 3 heteroatoms. The van der Waals surface area contributed by atoms with E-state index >= 15 is 0 Å². The minimum Gasteiger partial charge on any atom is -0.253 e. The van der Waals surface area contributed by atoms with Crippen molar-refractivity contribution < 1.29 is 0 Å². The topological polar surface area (TPSA) is 38.7 Å². The van der Waals surface area contributed by atoms with Crippen LogP contribution in [0.3, 0.4) is 0 Å². The molecule has 2 aromatic heterocycles. The highest BCUT2D eigenvalue weighted by Crippen LogP contribution is 2.21. The van der Waals surface area contributed by atoms with Gasteiger partial charge in [0, 0.05) is 28.0 Å². The molecule has 0 unspecified atom stereocenters. The van der Waals surface area contributed by atoms with Gasteiger partial charge in [-0.3, -0.25) is 4.98 Å². The van der Waals surface area contributed by atoms with E-state index < -0.39 is 0 Å². The van der Waals surface area contributed by atoms with Crippen molar-refractivity contribution in [3.05, 3.63) is 53.5 Å². The Morgan fingerprint density at radius 2 is 1.37 bits per heavy atom. The molecule has 2 heterocycles. The van der Waals surface area contributed by atoms with Crippen LogP contribution in [0.4, 0.5) is 0 Å². The summed E-state index contributed by atoms with van der Waals surface area (Å²) >= 11 is 0. The van der Waals surface area contributed by atoms with Crippen molar-refractivity contribution in [3.63, 3.8) is 0 Å². The van der Waals surface area contributed by atoms with E-state index in [1.165, 1.54) is 0 Å². The number of rotatable bonds is 1. The van der Waals surface area contributed by atoms with E-state index in [0.717, 1.165) is 39.4 Å². The molecule has 0 amide bonds. The van der Waals surface area contributed by atoms with E-state index in [4.69, 9.17) is 0 Å². The van der Waals surface area contributed by atoms with Gasteiger partial charge in [-0.05, 0) is 39.0 Å². The molecule has 1 aromatic carbocycles. The lowest BCUT2D eigenvalue weighted by molar-refractivity contribution is 1.06. The second kappa shape index (κ2) is 4.43. The molecule has 0 atom stereocenters. The number of nitrogens with zero attached hydrogens (tertiary/aromatic N) is 3. The summed E-state index contributed by atoms with van der Waals surface area (Å²) in [5.41, 5.74) is 4.99. The van der Waals surface area contributed by atoms with Crippen LogP contribution in [0.25, 0.3) is 22.3 Å². The van der Waals surface area contributed by atoms with Gasteiger partial charge < -0.3 is 0 Å². The van der Waals surface area contributed by atoms with E-state index in [-0.39, 0.29) is 0 Å².